The average molecular weight is 174 g/mol. The molecule has 0 aliphatic carbocycles. The van der Waals surface area contributed by atoms with Gasteiger partial charge in [-0.3, -0.25) is 4.52 Å². The van der Waals surface area contributed by atoms with Crippen LogP contribution in [0.3, 0.4) is 0 Å². The van der Waals surface area contributed by atoms with Crippen LogP contribution < -0.4 is 0 Å². The van der Waals surface area contributed by atoms with Crippen LogP contribution >= 0.6 is 8.69 Å². The van der Waals surface area contributed by atoms with E-state index in [4.69, 9.17) is 4.74 Å². The topological polar surface area (TPSA) is 35.5 Å². The van der Waals surface area contributed by atoms with E-state index in [1.165, 1.54) is 0 Å². The molecule has 0 saturated carbocycles. The Bertz CT molecular complexity index is 81.3. The summed E-state index contributed by atoms with van der Waals surface area (Å²) in [6.45, 7) is 4.36. The van der Waals surface area contributed by atoms with E-state index in [9.17, 15) is 4.57 Å². The van der Waals surface area contributed by atoms with Crippen LogP contribution in [0.1, 0.15) is 20.3 Å². The van der Waals surface area contributed by atoms with Gasteiger partial charge in [0.05, 0.1) is 0 Å². The molecule has 10 heavy (non-hydrogen) atoms. The predicted octanol–water partition coefficient (Wildman–Crippen LogP) is 1.33. The molecule has 0 spiro atoms. The third-order valence-electron chi connectivity index (χ3n) is 0.748. The molecule has 0 radical (unpaired) electrons. The third-order valence-corrected chi connectivity index (χ3v) is 1.13. The van der Waals surface area contributed by atoms with Gasteiger partial charge in [-0.1, -0.05) is 6.92 Å². The van der Waals surface area contributed by atoms with E-state index in [-0.39, 0.29) is 44.5 Å². The van der Waals surface area contributed by atoms with E-state index in [2.05, 4.69) is 4.52 Å². The maximum atomic E-state index is 9.77. The van der Waals surface area contributed by atoms with Crippen LogP contribution in [-0.4, -0.2) is 42.5 Å². The van der Waals surface area contributed by atoms with Gasteiger partial charge >= 0.3 is 38.2 Å². The number of hydrogen-bond acceptors (Lipinski definition) is 3. The molecule has 0 heterocycles. The van der Waals surface area contributed by atoms with Crippen LogP contribution in [0.5, 0.6) is 0 Å². The Morgan fingerprint density at radius 3 is 2.60 bits per heavy atom. The zero-order valence-corrected chi connectivity index (χ0v) is 6.56. The molecule has 0 aromatic heterocycles. The Hall–Kier alpha value is 1.02. The van der Waals surface area contributed by atoms with E-state index in [0.29, 0.717) is 6.61 Å². The Morgan fingerprint density at radius 2 is 2.20 bits per heavy atom. The molecule has 0 saturated heterocycles. The first-order valence-corrected chi connectivity index (χ1v) is 3.64. The SMILES string of the molecule is CCCOC(C)OP=O.[NaH]. The van der Waals surface area contributed by atoms with E-state index >= 15 is 0 Å². The molecule has 3 nitrogen and oxygen atoms in total. The standard InChI is InChI=1S/C5H11O3P.Na.H/c1-3-4-7-5(2)8-9-6;;/h5H,3-4H2,1-2H3;;. The predicted molar refractivity (Wildman–Crippen MR) is 41.5 cm³/mol. The molecule has 0 aromatic carbocycles. The van der Waals surface area contributed by atoms with Crippen molar-refractivity contribution in [3.63, 3.8) is 0 Å². The van der Waals surface area contributed by atoms with Crippen LogP contribution in [0.15, 0.2) is 0 Å². The first-order chi connectivity index (χ1) is 4.31. The second-order valence-corrected chi connectivity index (χ2v) is 1.98. The second kappa shape index (κ2) is 10.0. The molecule has 0 N–H and O–H groups in total. The van der Waals surface area contributed by atoms with Crippen molar-refractivity contribution >= 4 is 38.2 Å². The molecule has 0 bridgehead atoms. The van der Waals surface area contributed by atoms with Crippen LogP contribution in [0.2, 0.25) is 0 Å². The maximum absolute atomic E-state index is 9.77. The quantitative estimate of drug-likeness (QED) is 0.358. The molecule has 56 valence electrons. The van der Waals surface area contributed by atoms with Crippen molar-refractivity contribution < 1.29 is 13.8 Å². The molecule has 0 rings (SSSR count). The fourth-order valence-electron chi connectivity index (χ4n) is 0.375. The summed E-state index contributed by atoms with van der Waals surface area (Å²) in [7, 11) is -0.320. The molecule has 0 fully saturated rings. The minimum atomic E-state index is -0.357. The van der Waals surface area contributed by atoms with Gasteiger partial charge in [-0.15, -0.1) is 0 Å². The molecule has 0 amide bonds. The molecular formula is C5H12NaO3P. The molecule has 0 aliphatic rings. The van der Waals surface area contributed by atoms with E-state index in [1.54, 1.807) is 6.92 Å². The normalized spacial score (nSPS) is 12.6. The summed E-state index contributed by atoms with van der Waals surface area (Å²) in [4.78, 5) is 0. The van der Waals surface area contributed by atoms with Crippen molar-refractivity contribution in [3.05, 3.63) is 0 Å². The van der Waals surface area contributed by atoms with E-state index in [1.807, 2.05) is 6.92 Å². The van der Waals surface area contributed by atoms with Gasteiger partial charge in [-0.05, 0) is 13.3 Å². The summed E-state index contributed by atoms with van der Waals surface area (Å²) in [6.07, 6.45) is 0.591. The minimum absolute atomic E-state index is 0. The average Bonchev–Trinajstić information content (AvgIpc) is 1.85. The molecule has 5 heteroatoms. The van der Waals surface area contributed by atoms with Crippen molar-refractivity contribution in [1.29, 1.82) is 0 Å². The number of rotatable bonds is 5. The third kappa shape index (κ3) is 9.02. The van der Waals surface area contributed by atoms with Gasteiger partial charge < -0.3 is 4.74 Å². The van der Waals surface area contributed by atoms with Crippen molar-refractivity contribution in [2.45, 2.75) is 26.6 Å². The van der Waals surface area contributed by atoms with E-state index < -0.39 is 0 Å². The summed E-state index contributed by atoms with van der Waals surface area (Å²) < 4.78 is 19.3. The van der Waals surface area contributed by atoms with Crippen LogP contribution in [0.4, 0.5) is 0 Å². The van der Waals surface area contributed by atoms with Crippen molar-refractivity contribution in [2.24, 2.45) is 0 Å². The van der Waals surface area contributed by atoms with E-state index in [0.717, 1.165) is 6.42 Å². The summed E-state index contributed by atoms with van der Waals surface area (Å²) in [5.41, 5.74) is 0. The first-order valence-electron chi connectivity index (χ1n) is 2.91. The molecular weight excluding hydrogens is 162 g/mol. The van der Waals surface area contributed by atoms with Crippen molar-refractivity contribution in [2.75, 3.05) is 6.61 Å². The van der Waals surface area contributed by atoms with Gasteiger partial charge in [0.2, 0.25) is 0 Å². The van der Waals surface area contributed by atoms with Gasteiger partial charge in [-0.2, -0.15) is 0 Å². The number of hydrogen-bond donors (Lipinski definition) is 0. The van der Waals surface area contributed by atoms with Crippen LogP contribution in [-0.2, 0) is 13.8 Å². The van der Waals surface area contributed by atoms with Gasteiger partial charge in [0.15, 0.2) is 6.29 Å². The van der Waals surface area contributed by atoms with Gasteiger partial charge in [-0.25, -0.2) is 4.57 Å². The number of ether oxygens (including phenoxy) is 1. The first kappa shape index (κ1) is 13.6. The van der Waals surface area contributed by atoms with Crippen LogP contribution in [0.25, 0.3) is 0 Å². The summed E-state index contributed by atoms with van der Waals surface area (Å²) in [5.74, 6) is 0. The van der Waals surface area contributed by atoms with Crippen LogP contribution in [0, 0.1) is 0 Å². The Morgan fingerprint density at radius 1 is 1.60 bits per heavy atom. The second-order valence-electron chi connectivity index (χ2n) is 1.62. The fourth-order valence-corrected chi connectivity index (χ4v) is 0.557. The summed E-state index contributed by atoms with van der Waals surface area (Å²) in [5, 5.41) is 0. The molecule has 1 atom stereocenters. The summed E-state index contributed by atoms with van der Waals surface area (Å²) in [6, 6.07) is 0. The van der Waals surface area contributed by atoms with Gasteiger partial charge in [0.1, 0.15) is 0 Å². The zero-order chi connectivity index (χ0) is 7.11. The summed E-state index contributed by atoms with van der Waals surface area (Å²) >= 11 is 0. The molecule has 1 unspecified atom stereocenters. The molecule has 0 aromatic rings. The monoisotopic (exact) mass is 174 g/mol. The van der Waals surface area contributed by atoms with Crippen molar-refractivity contribution in [1.82, 2.24) is 0 Å². The molecule has 0 aliphatic heterocycles. The Labute approximate surface area is 85.0 Å². The Balaban J connectivity index is 0. The van der Waals surface area contributed by atoms with Gasteiger partial charge in [0, 0.05) is 6.61 Å². The Kier molecular flexibility index (Phi) is 13.6. The zero-order valence-electron chi connectivity index (χ0n) is 5.66. The fraction of sp³-hybridized carbons (Fsp3) is 1.00. The van der Waals surface area contributed by atoms with Gasteiger partial charge in [0.25, 0.3) is 0 Å². The van der Waals surface area contributed by atoms with Crippen molar-refractivity contribution in [3.8, 4) is 0 Å².